The molecule has 7 heteroatoms. The number of nitriles is 1. The molecule has 0 aliphatic rings. The summed E-state index contributed by atoms with van der Waals surface area (Å²) in [6.45, 7) is 5.48. The smallest absolute Gasteiger partial charge is 0.333 e. The predicted octanol–water partition coefficient (Wildman–Crippen LogP) is 3.83. The maximum absolute atomic E-state index is 12.4. The van der Waals surface area contributed by atoms with Crippen molar-refractivity contribution in [3.8, 4) is 6.07 Å². The number of ether oxygens (including phenoxy) is 1. The normalized spacial score (nSPS) is 11.1. The molecular weight excluding hydrogens is 334 g/mol. The summed E-state index contributed by atoms with van der Waals surface area (Å²) in [5.41, 5.74) is 1.82. The van der Waals surface area contributed by atoms with Crippen molar-refractivity contribution in [3.05, 3.63) is 75.8 Å². The van der Waals surface area contributed by atoms with Crippen molar-refractivity contribution in [2.24, 2.45) is 0 Å². The van der Waals surface area contributed by atoms with Crippen molar-refractivity contribution in [2.45, 2.75) is 13.0 Å². The number of non-ortho nitro benzene ring substituents is 1. The van der Waals surface area contributed by atoms with E-state index >= 15 is 0 Å². The standard InChI is InChI=1S/C19H17N3O4/c1-3-13-9-15(11-17(10-13)22(24)25)18(19(23)26-4-2)21-16-7-5-14(12-20)6-8-16/h3,5-11,18,21H,1,4H2,2H3. The molecule has 0 heterocycles. The molecule has 0 spiro atoms. The molecular formula is C19H17N3O4. The van der Waals surface area contributed by atoms with Crippen LogP contribution in [0.25, 0.3) is 6.08 Å². The van der Waals surface area contributed by atoms with E-state index in [1.807, 2.05) is 6.07 Å². The number of nitrogens with zero attached hydrogens (tertiary/aromatic N) is 2. The van der Waals surface area contributed by atoms with Crippen LogP contribution in [0, 0.1) is 21.4 Å². The third-order valence-electron chi connectivity index (χ3n) is 3.59. The number of carbonyl (C=O) groups is 1. The largest absolute Gasteiger partial charge is 0.464 e. The van der Waals surface area contributed by atoms with Crippen molar-refractivity contribution in [1.82, 2.24) is 0 Å². The second kappa shape index (κ2) is 8.44. The lowest BCUT2D eigenvalue weighted by atomic mass is 10.0. The van der Waals surface area contributed by atoms with E-state index in [0.717, 1.165) is 0 Å². The summed E-state index contributed by atoms with van der Waals surface area (Å²) in [5, 5.41) is 23.0. The van der Waals surface area contributed by atoms with Crippen molar-refractivity contribution in [1.29, 1.82) is 5.26 Å². The topological polar surface area (TPSA) is 105 Å². The SMILES string of the molecule is C=Cc1cc(C(Nc2ccc(C#N)cc2)C(=O)OCC)cc([N+](=O)[O-])c1. The second-order valence-corrected chi connectivity index (χ2v) is 5.34. The van der Waals surface area contributed by atoms with E-state index < -0.39 is 16.9 Å². The molecule has 0 amide bonds. The summed E-state index contributed by atoms with van der Waals surface area (Å²) in [4.78, 5) is 23.1. The number of nitrogens with one attached hydrogen (secondary N) is 1. The molecule has 2 aromatic carbocycles. The maximum Gasteiger partial charge on any atom is 0.333 e. The van der Waals surface area contributed by atoms with Gasteiger partial charge in [0.25, 0.3) is 5.69 Å². The molecule has 7 nitrogen and oxygen atoms in total. The Bertz CT molecular complexity index is 869. The molecule has 1 N–H and O–H groups in total. The lowest BCUT2D eigenvalue weighted by Crippen LogP contribution is -2.23. The number of esters is 1. The van der Waals surface area contributed by atoms with E-state index in [-0.39, 0.29) is 12.3 Å². The average molecular weight is 351 g/mol. The summed E-state index contributed by atoms with van der Waals surface area (Å²) in [6, 6.07) is 11.9. The average Bonchev–Trinajstić information content (AvgIpc) is 2.66. The molecule has 0 bridgehead atoms. The van der Waals surface area contributed by atoms with Crippen LogP contribution in [-0.4, -0.2) is 17.5 Å². The van der Waals surface area contributed by atoms with Crippen LogP contribution in [0.15, 0.2) is 49.0 Å². The predicted molar refractivity (Wildman–Crippen MR) is 97.3 cm³/mol. The Hall–Kier alpha value is -3.66. The van der Waals surface area contributed by atoms with Gasteiger partial charge < -0.3 is 10.1 Å². The molecule has 0 saturated heterocycles. The van der Waals surface area contributed by atoms with Crippen LogP contribution in [-0.2, 0) is 9.53 Å². The van der Waals surface area contributed by atoms with Crippen molar-refractivity contribution in [3.63, 3.8) is 0 Å². The highest BCUT2D eigenvalue weighted by molar-refractivity contribution is 5.82. The first kappa shape index (κ1) is 18.7. The maximum atomic E-state index is 12.4. The molecule has 2 rings (SSSR count). The van der Waals surface area contributed by atoms with Gasteiger partial charge in [-0.1, -0.05) is 12.7 Å². The molecule has 1 unspecified atom stereocenters. The van der Waals surface area contributed by atoms with E-state index in [1.165, 1.54) is 18.2 Å². The molecule has 1 atom stereocenters. The Morgan fingerprint density at radius 2 is 2.08 bits per heavy atom. The first-order valence-electron chi connectivity index (χ1n) is 7.83. The molecule has 0 aliphatic carbocycles. The fraction of sp³-hybridized carbons (Fsp3) is 0.158. The molecule has 0 radical (unpaired) electrons. The van der Waals surface area contributed by atoms with Crippen molar-refractivity contribution >= 4 is 23.4 Å². The van der Waals surface area contributed by atoms with Crippen LogP contribution in [0.2, 0.25) is 0 Å². The Morgan fingerprint density at radius 1 is 1.38 bits per heavy atom. The van der Waals surface area contributed by atoms with Gasteiger partial charge in [-0.3, -0.25) is 10.1 Å². The molecule has 132 valence electrons. The van der Waals surface area contributed by atoms with Gasteiger partial charge in [0.15, 0.2) is 6.04 Å². The number of anilines is 1. The van der Waals surface area contributed by atoms with Gasteiger partial charge in [-0.05, 0) is 48.4 Å². The zero-order valence-corrected chi connectivity index (χ0v) is 14.1. The third kappa shape index (κ3) is 4.45. The minimum Gasteiger partial charge on any atom is -0.464 e. The van der Waals surface area contributed by atoms with Crippen molar-refractivity contribution in [2.75, 3.05) is 11.9 Å². The Morgan fingerprint density at radius 3 is 2.62 bits per heavy atom. The number of carbonyl (C=O) groups excluding carboxylic acids is 1. The quantitative estimate of drug-likeness (QED) is 0.462. The van der Waals surface area contributed by atoms with Gasteiger partial charge in [-0.15, -0.1) is 0 Å². The minimum atomic E-state index is -0.943. The highest BCUT2D eigenvalue weighted by atomic mass is 16.6. The van der Waals surface area contributed by atoms with Gasteiger partial charge in [0.05, 0.1) is 23.2 Å². The van der Waals surface area contributed by atoms with Gasteiger partial charge in [0.2, 0.25) is 0 Å². The molecule has 26 heavy (non-hydrogen) atoms. The molecule has 2 aromatic rings. The number of hydrogen-bond donors (Lipinski definition) is 1. The summed E-state index contributed by atoms with van der Waals surface area (Å²) in [6.07, 6.45) is 1.47. The van der Waals surface area contributed by atoms with E-state index in [2.05, 4.69) is 11.9 Å². The minimum absolute atomic E-state index is 0.145. The summed E-state index contributed by atoms with van der Waals surface area (Å²) in [5.74, 6) is -0.563. The number of hydrogen-bond acceptors (Lipinski definition) is 6. The number of rotatable bonds is 7. The van der Waals surface area contributed by atoms with E-state index in [4.69, 9.17) is 10.00 Å². The van der Waals surface area contributed by atoms with Crippen LogP contribution in [0.4, 0.5) is 11.4 Å². The zero-order valence-electron chi connectivity index (χ0n) is 14.1. The van der Waals surface area contributed by atoms with Gasteiger partial charge >= 0.3 is 5.97 Å². The third-order valence-corrected chi connectivity index (χ3v) is 3.59. The summed E-state index contributed by atoms with van der Waals surface area (Å²) in [7, 11) is 0. The van der Waals surface area contributed by atoms with Crippen LogP contribution in [0.3, 0.4) is 0 Å². The van der Waals surface area contributed by atoms with Gasteiger partial charge in [0, 0.05) is 17.8 Å². The number of nitro groups is 1. The number of nitro benzene ring substituents is 1. The van der Waals surface area contributed by atoms with Gasteiger partial charge in [-0.25, -0.2) is 4.79 Å². The molecule has 0 aromatic heterocycles. The Balaban J connectivity index is 2.45. The first-order valence-corrected chi connectivity index (χ1v) is 7.83. The van der Waals surface area contributed by atoms with Gasteiger partial charge in [-0.2, -0.15) is 5.26 Å². The highest BCUT2D eigenvalue weighted by Crippen LogP contribution is 2.27. The van der Waals surface area contributed by atoms with E-state index in [1.54, 1.807) is 37.3 Å². The molecule has 0 aliphatic heterocycles. The zero-order chi connectivity index (χ0) is 19.1. The first-order chi connectivity index (χ1) is 12.5. The monoisotopic (exact) mass is 351 g/mol. The van der Waals surface area contributed by atoms with Gasteiger partial charge in [0.1, 0.15) is 0 Å². The lowest BCUT2D eigenvalue weighted by molar-refractivity contribution is -0.384. The van der Waals surface area contributed by atoms with Crippen LogP contribution in [0.1, 0.15) is 29.7 Å². The molecule has 0 saturated carbocycles. The van der Waals surface area contributed by atoms with Crippen LogP contribution >= 0.6 is 0 Å². The molecule has 0 fully saturated rings. The second-order valence-electron chi connectivity index (χ2n) is 5.34. The van der Waals surface area contributed by atoms with Crippen LogP contribution < -0.4 is 5.32 Å². The lowest BCUT2D eigenvalue weighted by Gasteiger charge is -2.19. The fourth-order valence-electron chi connectivity index (χ4n) is 2.36. The van der Waals surface area contributed by atoms with Crippen molar-refractivity contribution < 1.29 is 14.5 Å². The van der Waals surface area contributed by atoms with Crippen LogP contribution in [0.5, 0.6) is 0 Å². The van der Waals surface area contributed by atoms with E-state index in [9.17, 15) is 14.9 Å². The summed E-state index contributed by atoms with van der Waals surface area (Å²) >= 11 is 0. The Kier molecular flexibility index (Phi) is 6.06. The van der Waals surface area contributed by atoms with E-state index in [0.29, 0.717) is 22.4 Å². The fourth-order valence-corrected chi connectivity index (χ4v) is 2.36. The number of benzene rings is 2. The highest BCUT2D eigenvalue weighted by Gasteiger charge is 2.24. The Labute approximate surface area is 150 Å². The summed E-state index contributed by atoms with van der Waals surface area (Å²) < 4.78 is 5.10.